The summed E-state index contributed by atoms with van der Waals surface area (Å²) in [6, 6.07) is 6.20. The van der Waals surface area contributed by atoms with Gasteiger partial charge in [-0.3, -0.25) is 0 Å². The molecule has 0 bridgehead atoms. The van der Waals surface area contributed by atoms with Crippen LogP contribution < -0.4 is 5.32 Å². The zero-order valence-electron chi connectivity index (χ0n) is 8.20. The molecule has 0 unspecified atom stereocenters. The number of hydrogen-bond donors (Lipinski definition) is 1. The van der Waals surface area contributed by atoms with Crippen molar-refractivity contribution in [2.75, 3.05) is 5.32 Å². The molecule has 2 rings (SSSR count). The van der Waals surface area contributed by atoms with Crippen molar-refractivity contribution < 1.29 is 8.91 Å². The van der Waals surface area contributed by atoms with Gasteiger partial charge in [-0.25, -0.2) is 4.39 Å². The van der Waals surface area contributed by atoms with E-state index in [9.17, 15) is 4.39 Å². The number of hydrogen-bond acceptors (Lipinski definition) is 4. The first-order chi connectivity index (χ1) is 7.24. The summed E-state index contributed by atoms with van der Waals surface area (Å²) in [6.45, 7) is 2.14. The van der Waals surface area contributed by atoms with Gasteiger partial charge in [0.25, 0.3) is 0 Å². The molecule has 0 aliphatic carbocycles. The van der Waals surface area contributed by atoms with E-state index in [1.807, 2.05) is 0 Å². The zero-order valence-corrected chi connectivity index (χ0v) is 8.20. The van der Waals surface area contributed by atoms with Crippen molar-refractivity contribution in [2.45, 2.75) is 13.5 Å². The summed E-state index contributed by atoms with van der Waals surface area (Å²) < 4.78 is 17.7. The van der Waals surface area contributed by atoms with Crippen molar-refractivity contribution in [3.05, 3.63) is 41.8 Å². The van der Waals surface area contributed by atoms with Gasteiger partial charge >= 0.3 is 0 Å². The molecule has 0 spiro atoms. The Balaban J connectivity index is 1.99. The van der Waals surface area contributed by atoms with E-state index in [1.165, 1.54) is 12.1 Å². The summed E-state index contributed by atoms with van der Waals surface area (Å²) >= 11 is 0. The van der Waals surface area contributed by atoms with Gasteiger partial charge in [0.2, 0.25) is 5.89 Å². The highest BCUT2D eigenvalue weighted by molar-refractivity contribution is 5.42. The quantitative estimate of drug-likeness (QED) is 0.837. The fourth-order valence-electron chi connectivity index (χ4n) is 1.19. The Morgan fingerprint density at radius 2 is 2.33 bits per heavy atom. The molecule has 1 aromatic carbocycles. The van der Waals surface area contributed by atoms with Gasteiger partial charge in [-0.05, 0) is 25.1 Å². The molecule has 0 saturated carbocycles. The van der Waals surface area contributed by atoms with Crippen molar-refractivity contribution in [3.8, 4) is 0 Å². The average Bonchev–Trinajstić information content (AvgIpc) is 2.62. The number of aromatic nitrogens is 2. The lowest BCUT2D eigenvalue weighted by atomic mass is 10.3. The molecular formula is C10H10FN3O. The number of nitrogens with one attached hydrogen (secondary N) is 1. The van der Waals surface area contributed by atoms with E-state index in [4.69, 9.17) is 4.52 Å². The van der Waals surface area contributed by atoms with Crippen LogP contribution in [-0.2, 0) is 6.54 Å². The van der Waals surface area contributed by atoms with E-state index in [1.54, 1.807) is 19.1 Å². The van der Waals surface area contributed by atoms with Crippen LogP contribution in [-0.4, -0.2) is 10.1 Å². The lowest BCUT2D eigenvalue weighted by Gasteiger charge is -2.02. The molecule has 78 valence electrons. The van der Waals surface area contributed by atoms with Crippen LogP contribution in [0, 0.1) is 12.7 Å². The Morgan fingerprint density at radius 1 is 1.47 bits per heavy atom. The monoisotopic (exact) mass is 207 g/mol. The van der Waals surface area contributed by atoms with Crippen molar-refractivity contribution in [1.82, 2.24) is 10.1 Å². The first-order valence-corrected chi connectivity index (χ1v) is 4.52. The van der Waals surface area contributed by atoms with Crippen LogP contribution in [0.3, 0.4) is 0 Å². The normalized spacial score (nSPS) is 10.3. The molecule has 1 heterocycles. The van der Waals surface area contributed by atoms with Crippen molar-refractivity contribution in [3.63, 3.8) is 0 Å². The maximum Gasteiger partial charge on any atom is 0.245 e. The summed E-state index contributed by atoms with van der Waals surface area (Å²) in [5.74, 6) is 0.796. The van der Waals surface area contributed by atoms with Gasteiger partial charge in [-0.2, -0.15) is 4.98 Å². The minimum Gasteiger partial charge on any atom is -0.376 e. The summed E-state index contributed by atoms with van der Waals surface area (Å²) in [7, 11) is 0. The second-order valence-electron chi connectivity index (χ2n) is 3.10. The molecule has 4 nitrogen and oxygen atoms in total. The first-order valence-electron chi connectivity index (χ1n) is 4.52. The molecule has 0 radical (unpaired) electrons. The number of halogens is 1. The Morgan fingerprint density at radius 3 is 3.00 bits per heavy atom. The molecule has 0 aliphatic rings. The SMILES string of the molecule is Cc1noc(CNc2cccc(F)c2)n1. The molecule has 1 N–H and O–H groups in total. The first kappa shape index (κ1) is 9.64. The molecule has 15 heavy (non-hydrogen) atoms. The minimum absolute atomic E-state index is 0.276. The molecule has 1 aromatic heterocycles. The van der Waals surface area contributed by atoms with Gasteiger partial charge < -0.3 is 9.84 Å². The van der Waals surface area contributed by atoms with E-state index in [2.05, 4.69) is 15.5 Å². The number of rotatable bonds is 3. The van der Waals surface area contributed by atoms with Crippen LogP contribution in [0.2, 0.25) is 0 Å². The fraction of sp³-hybridized carbons (Fsp3) is 0.200. The minimum atomic E-state index is -0.276. The summed E-state index contributed by atoms with van der Waals surface area (Å²) in [4.78, 5) is 4.01. The van der Waals surface area contributed by atoms with Crippen LogP contribution in [0.15, 0.2) is 28.8 Å². The molecule has 0 saturated heterocycles. The molecule has 2 aromatic rings. The topological polar surface area (TPSA) is 51.0 Å². The van der Waals surface area contributed by atoms with E-state index in [0.717, 1.165) is 0 Å². The van der Waals surface area contributed by atoms with Gasteiger partial charge in [-0.15, -0.1) is 0 Å². The van der Waals surface area contributed by atoms with Crippen molar-refractivity contribution in [1.29, 1.82) is 0 Å². The van der Waals surface area contributed by atoms with E-state index < -0.39 is 0 Å². The van der Waals surface area contributed by atoms with Crippen LogP contribution in [0.25, 0.3) is 0 Å². The second-order valence-corrected chi connectivity index (χ2v) is 3.10. The highest BCUT2D eigenvalue weighted by Crippen LogP contribution is 2.10. The highest BCUT2D eigenvalue weighted by atomic mass is 19.1. The van der Waals surface area contributed by atoms with E-state index in [0.29, 0.717) is 23.9 Å². The summed E-state index contributed by atoms with van der Waals surface area (Å²) in [6.07, 6.45) is 0. The Labute approximate surface area is 86.1 Å². The van der Waals surface area contributed by atoms with Gasteiger partial charge in [0.15, 0.2) is 5.82 Å². The van der Waals surface area contributed by atoms with Crippen LogP contribution in [0.4, 0.5) is 10.1 Å². The smallest absolute Gasteiger partial charge is 0.245 e. The molecule has 0 atom stereocenters. The molecule has 0 aliphatic heterocycles. The van der Waals surface area contributed by atoms with Crippen LogP contribution >= 0.6 is 0 Å². The number of anilines is 1. The Kier molecular flexibility index (Phi) is 2.62. The maximum atomic E-state index is 12.8. The lowest BCUT2D eigenvalue weighted by molar-refractivity contribution is 0.379. The van der Waals surface area contributed by atoms with Crippen molar-refractivity contribution in [2.24, 2.45) is 0 Å². The number of nitrogens with zero attached hydrogens (tertiary/aromatic N) is 2. The lowest BCUT2D eigenvalue weighted by Crippen LogP contribution is -1.99. The fourth-order valence-corrected chi connectivity index (χ4v) is 1.19. The maximum absolute atomic E-state index is 12.8. The van der Waals surface area contributed by atoms with Crippen LogP contribution in [0.1, 0.15) is 11.7 Å². The van der Waals surface area contributed by atoms with Gasteiger partial charge in [-0.1, -0.05) is 11.2 Å². The highest BCUT2D eigenvalue weighted by Gasteiger charge is 2.01. The summed E-state index contributed by atoms with van der Waals surface area (Å²) in [5.41, 5.74) is 0.686. The molecule has 0 fully saturated rings. The molecule has 5 heteroatoms. The Bertz CT molecular complexity index is 455. The average molecular weight is 207 g/mol. The van der Waals surface area contributed by atoms with Crippen LogP contribution in [0.5, 0.6) is 0 Å². The zero-order chi connectivity index (χ0) is 10.7. The predicted octanol–water partition coefficient (Wildman–Crippen LogP) is 2.13. The third-order valence-corrected chi connectivity index (χ3v) is 1.84. The van der Waals surface area contributed by atoms with Gasteiger partial charge in [0.1, 0.15) is 5.82 Å². The number of benzene rings is 1. The predicted molar refractivity (Wildman–Crippen MR) is 52.8 cm³/mol. The van der Waals surface area contributed by atoms with E-state index in [-0.39, 0.29) is 5.82 Å². The number of aryl methyl sites for hydroxylation is 1. The summed E-state index contributed by atoms with van der Waals surface area (Å²) in [5, 5.41) is 6.63. The van der Waals surface area contributed by atoms with Gasteiger partial charge in [0, 0.05) is 5.69 Å². The standard InChI is InChI=1S/C10H10FN3O/c1-7-13-10(15-14-7)6-12-9-4-2-3-8(11)5-9/h2-5,12H,6H2,1H3. The van der Waals surface area contributed by atoms with E-state index >= 15 is 0 Å². The van der Waals surface area contributed by atoms with Crippen molar-refractivity contribution >= 4 is 5.69 Å². The third kappa shape index (κ3) is 2.52. The Hall–Kier alpha value is -1.91. The molecular weight excluding hydrogens is 197 g/mol. The van der Waals surface area contributed by atoms with Gasteiger partial charge in [0.05, 0.1) is 6.54 Å². The molecule has 0 amide bonds. The largest absolute Gasteiger partial charge is 0.376 e. The second kappa shape index (κ2) is 4.08. The third-order valence-electron chi connectivity index (χ3n) is 1.84.